The van der Waals surface area contributed by atoms with E-state index in [1.54, 1.807) is 42.5 Å². The van der Waals surface area contributed by atoms with Gasteiger partial charge in [-0.25, -0.2) is 8.42 Å². The average molecular weight is 609 g/mol. The highest BCUT2D eigenvalue weighted by Gasteiger charge is 2.25. The predicted octanol–water partition coefficient (Wildman–Crippen LogP) is 5.79. The molecule has 3 aromatic carbocycles. The van der Waals surface area contributed by atoms with Crippen molar-refractivity contribution in [1.29, 1.82) is 0 Å². The molecule has 4 rings (SSSR count). The number of hydrogen-bond donors (Lipinski definition) is 2. The van der Waals surface area contributed by atoms with E-state index in [9.17, 15) is 22.8 Å². The topological polar surface area (TPSA) is 123 Å². The van der Waals surface area contributed by atoms with Crippen molar-refractivity contribution in [2.75, 3.05) is 12.8 Å². The zero-order valence-corrected chi connectivity index (χ0v) is 25.0. The first-order valence-corrected chi connectivity index (χ1v) is 15.9. The lowest BCUT2D eigenvalue weighted by Gasteiger charge is -2.18. The summed E-state index contributed by atoms with van der Waals surface area (Å²) in [7, 11) is -3.32. The van der Waals surface area contributed by atoms with Gasteiger partial charge in [0, 0.05) is 46.8 Å². The summed E-state index contributed by atoms with van der Waals surface area (Å²) in [6.07, 6.45) is 2.97. The van der Waals surface area contributed by atoms with Gasteiger partial charge in [-0.15, -0.1) is 0 Å². The normalized spacial score (nSPS) is 12.3. The number of halogens is 1. The maximum atomic E-state index is 14.1. The minimum absolute atomic E-state index is 0.00702. The molecule has 0 saturated heterocycles. The summed E-state index contributed by atoms with van der Waals surface area (Å²) >= 11 is 6.27. The number of Topliss-reactive ketones (excluding diaryl/α,β-unsaturated/α-hetero) is 1. The molecular formula is C32H33ClN2O6S. The molecule has 8 nitrogen and oxygen atoms in total. The molecule has 0 aliphatic rings. The van der Waals surface area contributed by atoms with Crippen LogP contribution < -0.4 is 5.32 Å². The van der Waals surface area contributed by atoms with E-state index >= 15 is 0 Å². The fourth-order valence-electron chi connectivity index (χ4n) is 4.99. The van der Waals surface area contributed by atoms with Gasteiger partial charge in [0.25, 0.3) is 5.91 Å². The zero-order chi connectivity index (χ0) is 30.4. The summed E-state index contributed by atoms with van der Waals surface area (Å²) in [6, 6.07) is 21.0. The van der Waals surface area contributed by atoms with Crippen LogP contribution >= 0.6 is 11.6 Å². The Hall–Kier alpha value is -3.95. The van der Waals surface area contributed by atoms with Crippen molar-refractivity contribution in [3.8, 4) is 0 Å². The first-order valence-electron chi connectivity index (χ1n) is 13.7. The Kier molecular flexibility index (Phi) is 9.85. The maximum Gasteiger partial charge on any atom is 0.305 e. The lowest BCUT2D eigenvalue weighted by atomic mass is 9.89. The lowest BCUT2D eigenvalue weighted by Crippen LogP contribution is -2.26. The molecule has 0 saturated carbocycles. The van der Waals surface area contributed by atoms with Crippen LogP contribution in [0.3, 0.4) is 0 Å². The molecule has 42 heavy (non-hydrogen) atoms. The molecule has 0 spiro atoms. The van der Waals surface area contributed by atoms with Crippen LogP contribution in [-0.4, -0.2) is 48.6 Å². The first-order chi connectivity index (χ1) is 20.0. The molecule has 0 bridgehead atoms. The molecule has 220 valence electrons. The number of rotatable bonds is 13. The molecule has 0 aliphatic carbocycles. The Morgan fingerprint density at radius 2 is 1.62 bits per heavy atom. The van der Waals surface area contributed by atoms with Crippen LogP contribution in [0.1, 0.15) is 58.2 Å². The largest absolute Gasteiger partial charge is 0.481 e. The van der Waals surface area contributed by atoms with Crippen LogP contribution in [0.5, 0.6) is 0 Å². The monoisotopic (exact) mass is 608 g/mol. The average Bonchev–Trinajstić information content (AvgIpc) is 3.29. The minimum Gasteiger partial charge on any atom is -0.481 e. The van der Waals surface area contributed by atoms with E-state index in [1.165, 1.54) is 6.26 Å². The number of aromatic nitrogens is 1. The van der Waals surface area contributed by atoms with Gasteiger partial charge in [0.05, 0.1) is 17.0 Å². The van der Waals surface area contributed by atoms with Crippen molar-refractivity contribution < 1.29 is 27.9 Å². The van der Waals surface area contributed by atoms with Crippen molar-refractivity contribution >= 4 is 50.0 Å². The van der Waals surface area contributed by atoms with Gasteiger partial charge in [-0.05, 0) is 72.5 Å². The van der Waals surface area contributed by atoms with Crippen LogP contribution in [0.25, 0.3) is 10.9 Å². The summed E-state index contributed by atoms with van der Waals surface area (Å²) < 4.78 is 25.8. The second kappa shape index (κ2) is 13.4. The van der Waals surface area contributed by atoms with Gasteiger partial charge in [-0.1, -0.05) is 49.2 Å². The van der Waals surface area contributed by atoms with E-state index in [1.807, 2.05) is 41.8 Å². The summed E-state index contributed by atoms with van der Waals surface area (Å²) in [5, 5.41) is 12.8. The Bertz CT molecular complexity index is 1710. The number of carboxylic acids is 1. The molecular weight excluding hydrogens is 576 g/mol. The number of carboxylic acid groups (broad SMARTS) is 1. The Morgan fingerprint density at radius 3 is 2.24 bits per heavy atom. The summed E-state index contributed by atoms with van der Waals surface area (Å²) in [4.78, 5) is 37.3. The number of carbonyl (C=O) groups excluding carboxylic acids is 2. The number of ketones is 1. The summed E-state index contributed by atoms with van der Waals surface area (Å²) in [5.74, 6) is -1.65. The van der Waals surface area contributed by atoms with Crippen molar-refractivity contribution in [2.45, 2.75) is 44.0 Å². The molecule has 1 amide bonds. The second-order valence-electron chi connectivity index (χ2n) is 10.4. The zero-order valence-electron chi connectivity index (χ0n) is 23.5. The standard InChI is InChI=1S/C32H33ClN2O6S/c1-3-4-24(17-21-5-9-23(10-6-21)32(39)34-16-15-30(36)37)31(38)29-19-25-18-26(33)11-14-28(25)35(29)20-22-7-12-27(13-8-22)42(2,40)41/h5-14,18-19,24H,3-4,15-17,20H2,1-2H3,(H,34,39)(H,36,37). The van der Waals surface area contributed by atoms with E-state index in [0.717, 1.165) is 28.5 Å². The molecule has 0 fully saturated rings. The first kappa shape index (κ1) is 31.0. The molecule has 1 atom stereocenters. The molecule has 2 N–H and O–H groups in total. The Balaban J connectivity index is 1.60. The molecule has 0 radical (unpaired) electrons. The van der Waals surface area contributed by atoms with E-state index in [0.29, 0.717) is 35.7 Å². The Labute approximate surface area is 250 Å². The third-order valence-electron chi connectivity index (χ3n) is 7.14. The maximum absolute atomic E-state index is 14.1. The van der Waals surface area contributed by atoms with Gasteiger partial charge in [0.15, 0.2) is 15.6 Å². The van der Waals surface area contributed by atoms with Crippen LogP contribution in [0.4, 0.5) is 0 Å². The van der Waals surface area contributed by atoms with Crippen molar-refractivity contribution in [3.05, 3.63) is 100 Å². The number of hydrogen-bond acceptors (Lipinski definition) is 5. The van der Waals surface area contributed by atoms with Crippen molar-refractivity contribution in [3.63, 3.8) is 0 Å². The quantitative estimate of drug-likeness (QED) is 0.185. The minimum atomic E-state index is -3.32. The third kappa shape index (κ3) is 7.66. The van der Waals surface area contributed by atoms with Crippen molar-refractivity contribution in [2.24, 2.45) is 5.92 Å². The van der Waals surface area contributed by atoms with Gasteiger partial charge in [-0.3, -0.25) is 14.4 Å². The van der Waals surface area contributed by atoms with Crippen LogP contribution in [0, 0.1) is 5.92 Å². The third-order valence-corrected chi connectivity index (χ3v) is 8.50. The number of benzene rings is 3. The van der Waals surface area contributed by atoms with Gasteiger partial charge in [-0.2, -0.15) is 0 Å². The highest BCUT2D eigenvalue weighted by Crippen LogP contribution is 2.29. The predicted molar refractivity (Wildman–Crippen MR) is 163 cm³/mol. The summed E-state index contributed by atoms with van der Waals surface area (Å²) in [6.45, 7) is 2.45. The number of carbonyl (C=O) groups is 3. The fraction of sp³-hybridized carbons (Fsp3) is 0.281. The van der Waals surface area contributed by atoms with Gasteiger partial charge in [0.1, 0.15) is 0 Å². The van der Waals surface area contributed by atoms with Gasteiger partial charge < -0.3 is 15.0 Å². The second-order valence-corrected chi connectivity index (χ2v) is 12.8. The number of fused-ring (bicyclic) bond motifs is 1. The smallest absolute Gasteiger partial charge is 0.305 e. The molecule has 10 heteroatoms. The fourth-order valence-corrected chi connectivity index (χ4v) is 5.80. The van der Waals surface area contributed by atoms with E-state index in [4.69, 9.17) is 16.7 Å². The van der Waals surface area contributed by atoms with E-state index in [-0.39, 0.29) is 35.5 Å². The number of amides is 1. The van der Waals surface area contributed by atoms with E-state index in [2.05, 4.69) is 5.32 Å². The lowest BCUT2D eigenvalue weighted by molar-refractivity contribution is -0.136. The van der Waals surface area contributed by atoms with Crippen LogP contribution in [0.2, 0.25) is 5.02 Å². The van der Waals surface area contributed by atoms with Crippen molar-refractivity contribution in [1.82, 2.24) is 9.88 Å². The van der Waals surface area contributed by atoms with Crippen LogP contribution in [-0.2, 0) is 27.6 Å². The molecule has 1 heterocycles. The molecule has 4 aromatic rings. The number of sulfone groups is 1. The highest BCUT2D eigenvalue weighted by atomic mass is 35.5. The highest BCUT2D eigenvalue weighted by molar-refractivity contribution is 7.90. The number of nitrogens with one attached hydrogen (secondary N) is 1. The molecule has 1 aromatic heterocycles. The summed E-state index contributed by atoms with van der Waals surface area (Å²) in [5.41, 5.74) is 3.58. The molecule has 1 unspecified atom stereocenters. The van der Waals surface area contributed by atoms with Crippen LogP contribution in [0.15, 0.2) is 77.7 Å². The number of nitrogens with zero attached hydrogens (tertiary/aromatic N) is 1. The SMILES string of the molecule is CCCC(Cc1ccc(C(=O)NCCC(=O)O)cc1)C(=O)c1cc2cc(Cl)ccc2n1Cc1ccc(S(C)(=O)=O)cc1. The Morgan fingerprint density at radius 1 is 0.952 bits per heavy atom. The van der Waals surface area contributed by atoms with Gasteiger partial charge in [0.2, 0.25) is 0 Å². The van der Waals surface area contributed by atoms with E-state index < -0.39 is 15.8 Å². The van der Waals surface area contributed by atoms with Gasteiger partial charge >= 0.3 is 5.97 Å². The molecule has 0 aliphatic heterocycles. The number of aliphatic carboxylic acids is 1.